The molecule has 3 heterocycles. The average Bonchev–Trinajstić information content (AvgIpc) is 3.27. The minimum absolute atomic E-state index is 0.00652. The van der Waals surface area contributed by atoms with Gasteiger partial charge in [0.25, 0.3) is 11.7 Å². The number of aliphatic hydroxyl groups excluding tert-OH is 1. The van der Waals surface area contributed by atoms with E-state index in [0.29, 0.717) is 45.0 Å². The van der Waals surface area contributed by atoms with Crippen molar-refractivity contribution < 1.29 is 32.6 Å². The van der Waals surface area contributed by atoms with E-state index in [-0.39, 0.29) is 34.9 Å². The highest BCUT2D eigenvalue weighted by molar-refractivity contribution is 7.89. The molecule has 1 amide bonds. The van der Waals surface area contributed by atoms with Gasteiger partial charge in [0.1, 0.15) is 5.76 Å². The number of likely N-dealkylation sites (tertiary alicyclic amines) is 1. The number of hydrogen-bond acceptors (Lipinski definition) is 8. The van der Waals surface area contributed by atoms with E-state index in [1.807, 2.05) is 31.2 Å². The molecule has 0 bridgehead atoms. The number of carbonyl (C=O) groups excluding carboxylic acids is 2. The summed E-state index contributed by atoms with van der Waals surface area (Å²) in [7, 11) is -3.83. The zero-order valence-corrected chi connectivity index (χ0v) is 24.1. The van der Waals surface area contributed by atoms with Crippen LogP contribution in [0.15, 0.2) is 59.0 Å². The molecule has 0 aromatic heterocycles. The molecule has 0 spiro atoms. The second-order valence-corrected chi connectivity index (χ2v) is 12.4. The van der Waals surface area contributed by atoms with Crippen LogP contribution in [0.1, 0.15) is 36.1 Å². The summed E-state index contributed by atoms with van der Waals surface area (Å²) in [5.74, 6) is -1.84. The fourth-order valence-electron chi connectivity index (χ4n) is 5.58. The molecule has 2 aromatic carbocycles. The van der Waals surface area contributed by atoms with E-state index in [0.717, 1.165) is 31.6 Å². The molecule has 0 saturated carbocycles. The number of rotatable bonds is 9. The first kappa shape index (κ1) is 29.4. The third-order valence-corrected chi connectivity index (χ3v) is 9.83. The van der Waals surface area contributed by atoms with Crippen molar-refractivity contribution >= 4 is 27.5 Å². The number of Topliss-reactive ketones (excluding diaryl/α,β-unsaturated/α-hetero) is 1. The lowest BCUT2D eigenvalue weighted by atomic mass is 9.94. The maximum Gasteiger partial charge on any atom is 0.295 e. The van der Waals surface area contributed by atoms with Crippen molar-refractivity contribution in [3.8, 4) is 0 Å². The van der Waals surface area contributed by atoms with Gasteiger partial charge in [-0.2, -0.15) is 4.31 Å². The van der Waals surface area contributed by atoms with Crippen molar-refractivity contribution in [2.24, 2.45) is 0 Å². The average molecular weight is 584 g/mol. The molecule has 3 fully saturated rings. The lowest BCUT2D eigenvalue weighted by Gasteiger charge is -2.29. The maximum absolute atomic E-state index is 13.5. The standard InChI is InChI=1S/C30H37N3O7S/c1-2-22-7-9-23(10-8-22)27-26(29(35)30(36)33(27)12-4-11-31-13-17-39-18-14-31)28(34)24-5-3-6-25(21-24)41(37,38)32-15-19-40-20-16-32/h3,5-10,21,27,34H,2,4,11-20H2,1H3. The number of benzene rings is 2. The van der Waals surface area contributed by atoms with E-state index >= 15 is 0 Å². The molecule has 220 valence electrons. The first-order chi connectivity index (χ1) is 19.8. The van der Waals surface area contributed by atoms with Crippen molar-refractivity contribution in [3.63, 3.8) is 0 Å². The Morgan fingerprint density at radius 2 is 1.59 bits per heavy atom. The molecule has 3 aliphatic rings. The molecule has 2 aromatic rings. The molecule has 3 aliphatic heterocycles. The first-order valence-corrected chi connectivity index (χ1v) is 15.6. The Kier molecular flexibility index (Phi) is 9.20. The number of morpholine rings is 2. The monoisotopic (exact) mass is 583 g/mol. The molecule has 5 rings (SSSR count). The van der Waals surface area contributed by atoms with E-state index in [9.17, 15) is 23.1 Å². The predicted molar refractivity (Wildman–Crippen MR) is 153 cm³/mol. The predicted octanol–water partition coefficient (Wildman–Crippen LogP) is 2.41. The van der Waals surface area contributed by atoms with Crippen molar-refractivity contribution in [1.82, 2.24) is 14.1 Å². The summed E-state index contributed by atoms with van der Waals surface area (Å²) < 4.78 is 38.6. The van der Waals surface area contributed by atoms with Gasteiger partial charge in [-0.05, 0) is 36.1 Å². The number of hydrogen-bond donors (Lipinski definition) is 1. The van der Waals surface area contributed by atoms with Gasteiger partial charge in [0, 0.05) is 44.8 Å². The number of aryl methyl sites for hydroxylation is 1. The summed E-state index contributed by atoms with van der Waals surface area (Å²) in [5, 5.41) is 11.5. The van der Waals surface area contributed by atoms with E-state index in [2.05, 4.69) is 4.90 Å². The molecule has 41 heavy (non-hydrogen) atoms. The van der Waals surface area contributed by atoms with Gasteiger partial charge in [-0.15, -0.1) is 0 Å². The highest BCUT2D eigenvalue weighted by Crippen LogP contribution is 2.40. The van der Waals surface area contributed by atoms with E-state index < -0.39 is 27.8 Å². The Balaban J connectivity index is 1.49. The summed E-state index contributed by atoms with van der Waals surface area (Å²) in [4.78, 5) is 30.6. The molecule has 10 nitrogen and oxygen atoms in total. The molecular formula is C30H37N3O7S. The smallest absolute Gasteiger partial charge is 0.295 e. The molecule has 1 atom stereocenters. The number of carbonyl (C=O) groups is 2. The van der Waals surface area contributed by atoms with Crippen LogP contribution in [-0.2, 0) is 35.5 Å². The van der Waals surface area contributed by atoms with Gasteiger partial charge < -0.3 is 19.5 Å². The SMILES string of the molecule is CCc1ccc(C2C(=C(O)c3cccc(S(=O)(=O)N4CCOCC4)c3)C(=O)C(=O)N2CCCN2CCOCC2)cc1. The molecule has 1 unspecified atom stereocenters. The Morgan fingerprint density at radius 3 is 2.24 bits per heavy atom. The van der Waals surface area contributed by atoms with Crippen LogP contribution in [0.5, 0.6) is 0 Å². The summed E-state index contributed by atoms with van der Waals surface area (Å²) in [6, 6.07) is 12.8. The number of aliphatic hydroxyl groups is 1. The van der Waals surface area contributed by atoms with Crippen LogP contribution in [0, 0.1) is 0 Å². The largest absolute Gasteiger partial charge is 0.507 e. The number of nitrogens with zero attached hydrogens (tertiary/aromatic N) is 3. The number of sulfonamides is 1. The minimum Gasteiger partial charge on any atom is -0.507 e. The van der Waals surface area contributed by atoms with Gasteiger partial charge in [-0.3, -0.25) is 14.5 Å². The van der Waals surface area contributed by atoms with Gasteiger partial charge in [0.05, 0.1) is 42.9 Å². The van der Waals surface area contributed by atoms with Gasteiger partial charge >= 0.3 is 0 Å². The van der Waals surface area contributed by atoms with Crippen LogP contribution >= 0.6 is 0 Å². The van der Waals surface area contributed by atoms with E-state index in [1.54, 1.807) is 6.07 Å². The highest BCUT2D eigenvalue weighted by atomic mass is 32.2. The van der Waals surface area contributed by atoms with Crippen molar-refractivity contribution in [2.75, 3.05) is 65.7 Å². The Morgan fingerprint density at radius 1 is 0.927 bits per heavy atom. The quantitative estimate of drug-likeness (QED) is 0.272. The summed E-state index contributed by atoms with van der Waals surface area (Å²) >= 11 is 0. The zero-order valence-electron chi connectivity index (χ0n) is 23.3. The zero-order chi connectivity index (χ0) is 29.0. The van der Waals surface area contributed by atoms with Crippen LogP contribution in [-0.4, -0.2) is 105 Å². The number of ether oxygens (including phenoxy) is 2. The lowest BCUT2D eigenvalue weighted by molar-refractivity contribution is -0.140. The number of ketones is 1. The van der Waals surface area contributed by atoms with Crippen LogP contribution in [0.3, 0.4) is 0 Å². The van der Waals surface area contributed by atoms with Gasteiger partial charge in [0.15, 0.2) is 0 Å². The van der Waals surface area contributed by atoms with E-state index in [1.165, 1.54) is 27.4 Å². The highest BCUT2D eigenvalue weighted by Gasteiger charge is 2.46. The fraction of sp³-hybridized carbons (Fsp3) is 0.467. The van der Waals surface area contributed by atoms with Crippen molar-refractivity contribution in [2.45, 2.75) is 30.7 Å². The Labute approximate surface area is 241 Å². The first-order valence-electron chi connectivity index (χ1n) is 14.2. The maximum atomic E-state index is 13.5. The summed E-state index contributed by atoms with van der Waals surface area (Å²) in [6.07, 6.45) is 1.49. The normalized spacial score (nSPS) is 22.4. The van der Waals surface area contributed by atoms with Crippen LogP contribution in [0.25, 0.3) is 5.76 Å². The summed E-state index contributed by atoms with van der Waals surface area (Å²) in [5.41, 5.74) is 1.96. The molecule has 0 radical (unpaired) electrons. The van der Waals surface area contributed by atoms with Crippen molar-refractivity contribution in [1.29, 1.82) is 0 Å². The lowest BCUT2D eigenvalue weighted by Crippen LogP contribution is -2.40. The fourth-order valence-corrected chi connectivity index (χ4v) is 7.03. The molecular weight excluding hydrogens is 546 g/mol. The minimum atomic E-state index is -3.83. The molecule has 3 saturated heterocycles. The third kappa shape index (κ3) is 6.24. The summed E-state index contributed by atoms with van der Waals surface area (Å²) in [6.45, 7) is 7.24. The van der Waals surface area contributed by atoms with Crippen molar-refractivity contribution in [3.05, 3.63) is 70.8 Å². The topological polar surface area (TPSA) is 117 Å². The van der Waals surface area contributed by atoms with Gasteiger partial charge in [-0.25, -0.2) is 8.42 Å². The van der Waals surface area contributed by atoms with Crippen LogP contribution in [0.2, 0.25) is 0 Å². The van der Waals surface area contributed by atoms with Gasteiger partial charge in [0.2, 0.25) is 10.0 Å². The number of amides is 1. The van der Waals surface area contributed by atoms with E-state index in [4.69, 9.17) is 9.47 Å². The second-order valence-electron chi connectivity index (χ2n) is 10.4. The third-order valence-electron chi connectivity index (χ3n) is 7.94. The molecule has 0 aliphatic carbocycles. The van der Waals surface area contributed by atoms with Gasteiger partial charge in [-0.1, -0.05) is 43.3 Å². The van der Waals surface area contributed by atoms with Crippen LogP contribution in [0.4, 0.5) is 0 Å². The molecule has 1 N–H and O–H groups in total. The van der Waals surface area contributed by atoms with Crippen LogP contribution < -0.4 is 0 Å². The Hall–Kier alpha value is -3.09. The molecule has 11 heteroatoms. The second kappa shape index (κ2) is 12.8. The Bertz CT molecular complexity index is 1400.